The van der Waals surface area contributed by atoms with Crippen LogP contribution >= 0.6 is 7.82 Å². The van der Waals surface area contributed by atoms with Gasteiger partial charge in [0.25, 0.3) is 0 Å². The predicted octanol–water partition coefficient (Wildman–Crippen LogP) is 6.07. The largest absolute Gasteiger partial charge is 0.469 e. The number of ether oxygens (including phenoxy) is 1. The van der Waals surface area contributed by atoms with E-state index >= 15 is 0 Å². The van der Waals surface area contributed by atoms with E-state index in [1.807, 2.05) is 0 Å². The van der Waals surface area contributed by atoms with Gasteiger partial charge in [0.2, 0.25) is 0 Å². The van der Waals surface area contributed by atoms with Crippen LogP contribution in [0, 0.1) is 0 Å². The Bertz CT molecular complexity index is 421. The summed E-state index contributed by atoms with van der Waals surface area (Å²) in [6.45, 7) is 4.03. The SMILES string of the molecule is C=CC(=O)OCCCCCCCCCCCCCCCCCCOP(=O)(O)O. The molecule has 0 aromatic heterocycles. The van der Waals surface area contributed by atoms with Gasteiger partial charge in [0.15, 0.2) is 0 Å². The number of hydrogen-bond acceptors (Lipinski definition) is 4. The molecule has 0 radical (unpaired) electrons. The molecule has 0 atom stereocenters. The first kappa shape index (κ1) is 27.3. The first-order valence-electron chi connectivity index (χ1n) is 10.9. The highest BCUT2D eigenvalue weighted by molar-refractivity contribution is 7.46. The monoisotopic (exact) mass is 420 g/mol. The van der Waals surface area contributed by atoms with Crippen molar-refractivity contribution in [1.29, 1.82) is 0 Å². The van der Waals surface area contributed by atoms with Crippen LogP contribution in [-0.4, -0.2) is 29.0 Å². The smallest absolute Gasteiger partial charge is 0.463 e. The maximum atomic E-state index is 10.9. The second-order valence-electron chi connectivity index (χ2n) is 7.35. The van der Waals surface area contributed by atoms with E-state index in [1.54, 1.807) is 0 Å². The number of phosphoric ester groups is 1. The minimum Gasteiger partial charge on any atom is -0.463 e. The molecular weight excluding hydrogens is 379 g/mol. The Hall–Kier alpha value is -0.680. The molecule has 0 aromatic carbocycles. The molecule has 166 valence electrons. The van der Waals surface area contributed by atoms with Crippen LogP contribution in [0.1, 0.15) is 103 Å². The van der Waals surface area contributed by atoms with Gasteiger partial charge in [-0.15, -0.1) is 0 Å². The summed E-state index contributed by atoms with van der Waals surface area (Å²) in [6, 6.07) is 0. The summed E-state index contributed by atoms with van der Waals surface area (Å²) >= 11 is 0. The highest BCUT2D eigenvalue weighted by Crippen LogP contribution is 2.35. The maximum absolute atomic E-state index is 10.9. The second kappa shape index (κ2) is 19.6. The number of carbonyl (C=O) groups is 1. The van der Waals surface area contributed by atoms with E-state index in [0.29, 0.717) is 13.0 Å². The Kier molecular flexibility index (Phi) is 19.2. The third-order valence-corrected chi connectivity index (χ3v) is 5.23. The third-order valence-electron chi connectivity index (χ3n) is 4.71. The number of hydrogen-bond donors (Lipinski definition) is 2. The molecule has 0 spiro atoms. The number of rotatable bonds is 21. The number of carbonyl (C=O) groups excluding carboxylic acids is 1. The number of esters is 1. The molecule has 28 heavy (non-hydrogen) atoms. The van der Waals surface area contributed by atoms with Gasteiger partial charge in [0, 0.05) is 6.08 Å². The topological polar surface area (TPSA) is 93.1 Å². The van der Waals surface area contributed by atoms with E-state index in [0.717, 1.165) is 25.7 Å². The first-order valence-corrected chi connectivity index (χ1v) is 12.5. The van der Waals surface area contributed by atoms with Gasteiger partial charge in [-0.25, -0.2) is 9.36 Å². The van der Waals surface area contributed by atoms with E-state index in [2.05, 4.69) is 11.1 Å². The fraction of sp³-hybridized carbons (Fsp3) is 0.857. The van der Waals surface area contributed by atoms with Crippen molar-refractivity contribution < 1.29 is 28.4 Å². The zero-order valence-electron chi connectivity index (χ0n) is 17.5. The van der Waals surface area contributed by atoms with Crippen LogP contribution in [0.2, 0.25) is 0 Å². The molecule has 0 fully saturated rings. The molecule has 6 nitrogen and oxygen atoms in total. The molecule has 0 aliphatic carbocycles. The summed E-state index contributed by atoms with van der Waals surface area (Å²) < 4.78 is 19.9. The first-order chi connectivity index (χ1) is 13.5. The average molecular weight is 421 g/mol. The van der Waals surface area contributed by atoms with E-state index in [4.69, 9.17) is 14.5 Å². The third kappa shape index (κ3) is 23.4. The summed E-state index contributed by atoms with van der Waals surface area (Å²) in [6.07, 6.45) is 20.2. The Labute approximate surface area is 171 Å². The minimum absolute atomic E-state index is 0.148. The molecule has 0 bridgehead atoms. The summed E-state index contributed by atoms with van der Waals surface area (Å²) in [5.41, 5.74) is 0. The van der Waals surface area contributed by atoms with Crippen LogP contribution in [0.4, 0.5) is 0 Å². The van der Waals surface area contributed by atoms with Gasteiger partial charge in [0.05, 0.1) is 13.2 Å². The van der Waals surface area contributed by atoms with Gasteiger partial charge in [-0.05, 0) is 12.8 Å². The normalized spacial score (nSPS) is 11.5. The maximum Gasteiger partial charge on any atom is 0.469 e. The second-order valence-corrected chi connectivity index (χ2v) is 8.59. The van der Waals surface area contributed by atoms with Crippen molar-refractivity contribution >= 4 is 13.8 Å². The number of unbranched alkanes of at least 4 members (excludes halogenated alkanes) is 15. The van der Waals surface area contributed by atoms with E-state index in [1.165, 1.54) is 76.7 Å². The van der Waals surface area contributed by atoms with Crippen LogP contribution in [0.15, 0.2) is 12.7 Å². The lowest BCUT2D eigenvalue weighted by atomic mass is 10.0. The standard InChI is InChI=1S/C21H41O6P/c1-2-21(22)26-19-17-15-13-11-9-7-5-3-4-6-8-10-12-14-16-18-20-27-28(23,24)25/h2H,1,3-20H2,(H2,23,24,25). The van der Waals surface area contributed by atoms with Crippen LogP contribution < -0.4 is 0 Å². The lowest BCUT2D eigenvalue weighted by Gasteiger charge is -2.05. The molecule has 0 heterocycles. The van der Waals surface area contributed by atoms with Crippen molar-refractivity contribution in [2.75, 3.05) is 13.2 Å². The van der Waals surface area contributed by atoms with Crippen molar-refractivity contribution in [3.05, 3.63) is 12.7 Å². The van der Waals surface area contributed by atoms with Gasteiger partial charge in [-0.1, -0.05) is 96.5 Å². The zero-order valence-corrected chi connectivity index (χ0v) is 18.4. The lowest BCUT2D eigenvalue weighted by molar-refractivity contribution is -0.137. The highest BCUT2D eigenvalue weighted by Gasteiger charge is 2.12. The van der Waals surface area contributed by atoms with Gasteiger partial charge in [0.1, 0.15) is 0 Å². The Morgan fingerprint density at radius 3 is 1.32 bits per heavy atom. The lowest BCUT2D eigenvalue weighted by Crippen LogP contribution is -2.01. The van der Waals surface area contributed by atoms with Crippen LogP contribution in [0.25, 0.3) is 0 Å². The quantitative estimate of drug-likeness (QED) is 0.101. The molecule has 0 unspecified atom stereocenters. The Morgan fingerprint density at radius 1 is 0.679 bits per heavy atom. The molecule has 0 saturated heterocycles. The Morgan fingerprint density at radius 2 is 1.00 bits per heavy atom. The summed E-state index contributed by atoms with van der Waals surface area (Å²) in [5.74, 6) is -0.328. The van der Waals surface area contributed by atoms with E-state index in [-0.39, 0.29) is 12.6 Å². The number of phosphoric acid groups is 1. The molecular formula is C21H41O6P. The zero-order chi connectivity index (χ0) is 20.9. The van der Waals surface area contributed by atoms with Crippen molar-refractivity contribution in [2.24, 2.45) is 0 Å². The van der Waals surface area contributed by atoms with Crippen LogP contribution in [0.3, 0.4) is 0 Å². The highest BCUT2D eigenvalue weighted by atomic mass is 31.2. The molecule has 0 saturated carbocycles. The molecule has 0 aliphatic rings. The van der Waals surface area contributed by atoms with Gasteiger partial charge in [-0.3, -0.25) is 4.52 Å². The van der Waals surface area contributed by atoms with Crippen molar-refractivity contribution in [3.63, 3.8) is 0 Å². The van der Waals surface area contributed by atoms with Crippen molar-refractivity contribution in [3.8, 4) is 0 Å². The van der Waals surface area contributed by atoms with E-state index in [9.17, 15) is 9.36 Å². The molecule has 0 rings (SSSR count). The minimum atomic E-state index is -4.28. The van der Waals surface area contributed by atoms with Crippen LogP contribution in [0.5, 0.6) is 0 Å². The summed E-state index contributed by atoms with van der Waals surface area (Å²) in [7, 11) is -4.28. The average Bonchev–Trinajstić information content (AvgIpc) is 2.65. The van der Waals surface area contributed by atoms with Gasteiger partial charge in [-0.2, -0.15) is 0 Å². The Balaban J connectivity index is 3.08. The molecule has 0 amide bonds. The molecule has 0 aliphatic heterocycles. The van der Waals surface area contributed by atoms with Crippen molar-refractivity contribution in [2.45, 2.75) is 103 Å². The summed E-state index contributed by atoms with van der Waals surface area (Å²) in [5, 5.41) is 0. The molecule has 7 heteroatoms. The van der Waals surface area contributed by atoms with E-state index < -0.39 is 7.82 Å². The predicted molar refractivity (Wildman–Crippen MR) is 113 cm³/mol. The fourth-order valence-corrected chi connectivity index (χ4v) is 3.46. The molecule has 2 N–H and O–H groups in total. The molecule has 0 aromatic rings. The summed E-state index contributed by atoms with van der Waals surface area (Å²) in [4.78, 5) is 28.0. The van der Waals surface area contributed by atoms with Gasteiger partial charge >= 0.3 is 13.8 Å². The fourth-order valence-electron chi connectivity index (χ4n) is 3.09. The van der Waals surface area contributed by atoms with Crippen LogP contribution in [-0.2, 0) is 18.6 Å². The van der Waals surface area contributed by atoms with Crippen molar-refractivity contribution in [1.82, 2.24) is 0 Å². The van der Waals surface area contributed by atoms with Gasteiger partial charge < -0.3 is 14.5 Å².